The molecule has 0 saturated carbocycles. The van der Waals surface area contributed by atoms with E-state index in [0.717, 1.165) is 29.7 Å². The van der Waals surface area contributed by atoms with Crippen LogP contribution in [0.4, 0.5) is 17.6 Å². The van der Waals surface area contributed by atoms with Crippen LogP contribution in [0.15, 0.2) is 66.7 Å². The van der Waals surface area contributed by atoms with Gasteiger partial charge in [0.15, 0.2) is 0 Å². The van der Waals surface area contributed by atoms with Crippen molar-refractivity contribution in [3.8, 4) is 22.3 Å². The summed E-state index contributed by atoms with van der Waals surface area (Å²) < 4.78 is 52.7. The molecule has 1 atom stereocenters. The van der Waals surface area contributed by atoms with Gasteiger partial charge in [0, 0.05) is 29.1 Å². The van der Waals surface area contributed by atoms with Gasteiger partial charge in [-0.15, -0.1) is 24.8 Å². The molecule has 0 bridgehead atoms. The number of fused-ring (bicyclic) bond motifs is 1. The number of aromatic nitrogens is 1. The minimum absolute atomic E-state index is 0. The molecule has 0 saturated heterocycles. The fraction of sp³-hybridized carbons (Fsp3) is 0.222. The van der Waals surface area contributed by atoms with Gasteiger partial charge in [-0.25, -0.2) is 4.39 Å². The molecule has 0 radical (unpaired) electrons. The molecule has 4 aromatic rings. The van der Waals surface area contributed by atoms with E-state index in [2.05, 4.69) is 10.3 Å². The van der Waals surface area contributed by atoms with Crippen LogP contribution in [0.25, 0.3) is 33.2 Å². The Balaban J connectivity index is 0.00000253. The molecule has 204 valence electrons. The standard InChI is InChI=1S/C27H26F4N4O.2ClH/c28-20-10-5-16(6-11-20)18-7-12-22-23(14-18)35-25(26(36)34-15-21(33)2-1-13-32)24(22)17-3-8-19(9-4-17)27(29,30)31;;/h3-12,14,21,35H,1-2,13,15,32-33H2,(H,34,36);2*1H. The number of hydrogen-bond donors (Lipinski definition) is 4. The van der Waals surface area contributed by atoms with Crippen LogP contribution in [0.3, 0.4) is 0 Å². The normalized spacial score (nSPS) is 11.9. The van der Waals surface area contributed by atoms with E-state index < -0.39 is 17.6 Å². The van der Waals surface area contributed by atoms with Crippen LogP contribution in [0.1, 0.15) is 28.9 Å². The molecule has 1 aromatic heterocycles. The highest BCUT2D eigenvalue weighted by Gasteiger charge is 2.30. The first kappa shape index (κ1) is 31.1. The lowest BCUT2D eigenvalue weighted by molar-refractivity contribution is -0.137. The summed E-state index contributed by atoms with van der Waals surface area (Å²) in [6, 6.07) is 15.8. The molecular weight excluding hydrogens is 543 g/mol. The molecule has 0 spiro atoms. The minimum atomic E-state index is -4.47. The lowest BCUT2D eigenvalue weighted by Gasteiger charge is -2.13. The van der Waals surface area contributed by atoms with Gasteiger partial charge in [0.2, 0.25) is 0 Å². The maximum atomic E-state index is 13.4. The van der Waals surface area contributed by atoms with Crippen molar-refractivity contribution in [1.82, 2.24) is 10.3 Å². The molecule has 5 nitrogen and oxygen atoms in total. The minimum Gasteiger partial charge on any atom is -0.350 e. The van der Waals surface area contributed by atoms with Crippen molar-refractivity contribution < 1.29 is 22.4 Å². The monoisotopic (exact) mass is 570 g/mol. The maximum absolute atomic E-state index is 13.4. The number of alkyl halides is 3. The highest BCUT2D eigenvalue weighted by Crippen LogP contribution is 2.37. The van der Waals surface area contributed by atoms with Gasteiger partial charge in [0.1, 0.15) is 11.5 Å². The Morgan fingerprint density at radius 3 is 2.13 bits per heavy atom. The molecule has 38 heavy (non-hydrogen) atoms. The number of halogens is 6. The van der Waals surface area contributed by atoms with Gasteiger partial charge in [-0.2, -0.15) is 13.2 Å². The molecule has 1 unspecified atom stereocenters. The Hall–Kier alpha value is -3.11. The maximum Gasteiger partial charge on any atom is 0.416 e. The summed E-state index contributed by atoms with van der Waals surface area (Å²) in [5.74, 6) is -0.777. The number of benzene rings is 3. The molecule has 1 heterocycles. The van der Waals surface area contributed by atoms with Gasteiger partial charge >= 0.3 is 6.18 Å². The van der Waals surface area contributed by atoms with Gasteiger partial charge < -0.3 is 21.8 Å². The van der Waals surface area contributed by atoms with E-state index in [0.29, 0.717) is 35.0 Å². The highest BCUT2D eigenvalue weighted by atomic mass is 35.5. The number of H-pyrrole nitrogens is 1. The molecule has 0 fully saturated rings. The summed E-state index contributed by atoms with van der Waals surface area (Å²) in [4.78, 5) is 16.3. The lowest BCUT2D eigenvalue weighted by Crippen LogP contribution is -2.37. The third-order valence-corrected chi connectivity index (χ3v) is 6.01. The molecule has 1 amide bonds. The number of carbonyl (C=O) groups is 1. The summed E-state index contributed by atoms with van der Waals surface area (Å²) in [5, 5.41) is 3.47. The van der Waals surface area contributed by atoms with Crippen LogP contribution in [-0.2, 0) is 6.18 Å². The van der Waals surface area contributed by atoms with E-state index in [1.807, 2.05) is 12.1 Å². The number of carbonyl (C=O) groups excluding carboxylic acids is 1. The van der Waals surface area contributed by atoms with E-state index in [1.54, 1.807) is 18.2 Å². The van der Waals surface area contributed by atoms with Gasteiger partial charge in [0.25, 0.3) is 5.91 Å². The summed E-state index contributed by atoms with van der Waals surface area (Å²) >= 11 is 0. The van der Waals surface area contributed by atoms with Gasteiger partial charge in [0.05, 0.1) is 5.56 Å². The zero-order valence-electron chi connectivity index (χ0n) is 20.1. The molecule has 4 rings (SSSR count). The Labute approximate surface area is 229 Å². The number of aromatic amines is 1. The summed E-state index contributed by atoms with van der Waals surface area (Å²) in [5.41, 5.74) is 14.1. The number of hydrogen-bond acceptors (Lipinski definition) is 3. The van der Waals surface area contributed by atoms with Crippen molar-refractivity contribution in [2.75, 3.05) is 13.1 Å². The summed E-state index contributed by atoms with van der Waals surface area (Å²) in [6.45, 7) is 0.722. The van der Waals surface area contributed by atoms with Gasteiger partial charge in [-0.05, 0) is 66.4 Å². The van der Waals surface area contributed by atoms with Gasteiger partial charge in [-0.1, -0.05) is 36.4 Å². The largest absolute Gasteiger partial charge is 0.416 e. The quantitative estimate of drug-likeness (QED) is 0.187. The van der Waals surface area contributed by atoms with E-state index in [4.69, 9.17) is 11.5 Å². The average Bonchev–Trinajstić information content (AvgIpc) is 3.25. The van der Waals surface area contributed by atoms with E-state index in [1.165, 1.54) is 24.3 Å². The van der Waals surface area contributed by atoms with E-state index in [9.17, 15) is 22.4 Å². The Morgan fingerprint density at radius 2 is 1.53 bits per heavy atom. The fourth-order valence-corrected chi connectivity index (χ4v) is 4.11. The molecule has 11 heteroatoms. The van der Waals surface area contributed by atoms with Crippen LogP contribution in [-0.4, -0.2) is 30.0 Å². The smallest absolute Gasteiger partial charge is 0.350 e. The molecule has 0 aliphatic rings. The number of nitrogens with two attached hydrogens (primary N) is 2. The second-order valence-corrected chi connectivity index (χ2v) is 8.62. The van der Waals surface area contributed by atoms with Crippen molar-refractivity contribution in [3.05, 3.63) is 83.8 Å². The molecule has 0 aliphatic carbocycles. The number of nitrogens with one attached hydrogen (secondary N) is 2. The zero-order valence-corrected chi connectivity index (χ0v) is 21.8. The SMILES string of the molecule is Cl.Cl.NCCCC(N)CNC(=O)c1[nH]c2cc(-c3ccc(F)cc3)ccc2c1-c1ccc(C(F)(F)F)cc1. The van der Waals surface area contributed by atoms with Crippen LogP contribution in [0, 0.1) is 5.82 Å². The Morgan fingerprint density at radius 1 is 0.921 bits per heavy atom. The number of amides is 1. The van der Waals surface area contributed by atoms with Crippen molar-refractivity contribution in [3.63, 3.8) is 0 Å². The van der Waals surface area contributed by atoms with Crippen molar-refractivity contribution in [1.29, 1.82) is 0 Å². The van der Waals surface area contributed by atoms with Crippen LogP contribution < -0.4 is 16.8 Å². The average molecular weight is 571 g/mol. The van der Waals surface area contributed by atoms with Crippen molar-refractivity contribution >= 4 is 41.6 Å². The predicted molar refractivity (Wildman–Crippen MR) is 147 cm³/mol. The summed E-state index contributed by atoms with van der Waals surface area (Å²) in [7, 11) is 0. The Bertz CT molecular complexity index is 1360. The fourth-order valence-electron chi connectivity index (χ4n) is 4.11. The van der Waals surface area contributed by atoms with Crippen LogP contribution >= 0.6 is 24.8 Å². The van der Waals surface area contributed by atoms with Gasteiger partial charge in [-0.3, -0.25) is 4.79 Å². The summed E-state index contributed by atoms with van der Waals surface area (Å²) in [6.07, 6.45) is -3.09. The second kappa shape index (κ2) is 13.1. The van der Waals surface area contributed by atoms with E-state index in [-0.39, 0.29) is 48.9 Å². The third kappa shape index (κ3) is 7.05. The Kier molecular flexibility index (Phi) is 10.7. The first-order chi connectivity index (χ1) is 17.2. The molecular formula is C27H28Cl2F4N4O. The molecule has 3 aromatic carbocycles. The first-order valence-electron chi connectivity index (χ1n) is 11.5. The topological polar surface area (TPSA) is 96.9 Å². The molecule has 0 aliphatic heterocycles. The molecule has 6 N–H and O–H groups in total. The first-order valence-corrected chi connectivity index (χ1v) is 11.5. The van der Waals surface area contributed by atoms with Crippen molar-refractivity contribution in [2.45, 2.75) is 25.1 Å². The van der Waals surface area contributed by atoms with E-state index >= 15 is 0 Å². The van der Waals surface area contributed by atoms with Crippen LogP contribution in [0.5, 0.6) is 0 Å². The zero-order chi connectivity index (χ0) is 25.9. The highest BCUT2D eigenvalue weighted by molar-refractivity contribution is 6.10. The van der Waals surface area contributed by atoms with Crippen molar-refractivity contribution in [2.24, 2.45) is 11.5 Å². The lowest BCUT2D eigenvalue weighted by atomic mass is 9.98. The second-order valence-electron chi connectivity index (χ2n) is 8.62. The predicted octanol–water partition coefficient (Wildman–Crippen LogP) is 6.30. The third-order valence-electron chi connectivity index (χ3n) is 6.01. The number of rotatable bonds is 8. The van der Waals surface area contributed by atoms with Crippen LogP contribution in [0.2, 0.25) is 0 Å².